The Morgan fingerprint density at radius 1 is 1.08 bits per heavy atom. The number of unbranched alkanes of at least 4 members (excludes halogenated alkanes) is 3. The maximum atomic E-state index is 12.3. The molecule has 5 N–H and O–H groups in total. The third-order valence-electron chi connectivity index (χ3n) is 6.25. The molecule has 3 amide bonds. The van der Waals surface area contributed by atoms with E-state index in [-0.39, 0.29) is 55.6 Å². The van der Waals surface area contributed by atoms with Gasteiger partial charge in [0.25, 0.3) is 5.91 Å². The van der Waals surface area contributed by atoms with Gasteiger partial charge in [-0.2, -0.15) is 0 Å². The van der Waals surface area contributed by atoms with Crippen LogP contribution in [0.2, 0.25) is 0 Å². The predicted octanol–water partition coefficient (Wildman–Crippen LogP) is 0.477. The molecule has 0 aromatic rings. The summed E-state index contributed by atoms with van der Waals surface area (Å²) in [5.74, 6) is 0.127. The smallest absolute Gasteiger partial charge is 0.255 e. The normalized spacial score (nSPS) is 21.1. The van der Waals surface area contributed by atoms with Crippen molar-refractivity contribution >= 4 is 29.3 Å². The fourth-order valence-electron chi connectivity index (χ4n) is 4.03. The molecule has 1 saturated heterocycles. The average molecular weight is 575 g/mol. The molecule has 0 aromatic carbocycles. The number of aliphatic hydroxyl groups is 2. The molecule has 2 heterocycles. The monoisotopic (exact) mass is 574 g/mol. The highest BCUT2D eigenvalue weighted by Crippen LogP contribution is 2.27. The Morgan fingerprint density at radius 2 is 1.77 bits per heavy atom. The predicted molar refractivity (Wildman–Crippen MR) is 144 cm³/mol. The molecule has 222 valence electrons. The van der Waals surface area contributed by atoms with Gasteiger partial charge >= 0.3 is 0 Å². The van der Waals surface area contributed by atoms with Gasteiger partial charge in [0, 0.05) is 51.0 Å². The van der Waals surface area contributed by atoms with E-state index in [1.165, 1.54) is 6.20 Å². The molecule has 13 heteroatoms. The second-order valence-electron chi connectivity index (χ2n) is 9.39. The number of nitrogens with one attached hydrogen (secondary N) is 3. The van der Waals surface area contributed by atoms with Gasteiger partial charge in [-0.05, 0) is 19.3 Å². The maximum Gasteiger partial charge on any atom is 0.255 e. The highest BCUT2D eigenvalue weighted by atomic mass is 35.5. The molecule has 39 heavy (non-hydrogen) atoms. The SMILES string of the molecule is C=C1NC(=O)C(CNC(=O)CCCC(=O)NCCOCCOCCCCCCCl)=CN1C1CC(O)C(CO)O1. The zero-order valence-electron chi connectivity index (χ0n) is 22.5. The standard InChI is InChI=1S/C26H43ClN4O8/c1-19-30-26(36)20(17-31(19)25-15-21(33)22(18-32)39-25)16-29-24(35)8-6-7-23(34)28-10-12-38-14-13-37-11-5-3-2-4-9-27/h17,21-22,25,32-33H,1-16,18H2,(H,28,34)(H,29,35)(H,30,36). The zero-order chi connectivity index (χ0) is 28.5. The second kappa shape index (κ2) is 19.0. The van der Waals surface area contributed by atoms with Crippen molar-refractivity contribution in [2.45, 2.75) is 69.8 Å². The molecule has 0 spiro atoms. The number of hydrogen-bond donors (Lipinski definition) is 5. The maximum absolute atomic E-state index is 12.3. The van der Waals surface area contributed by atoms with Gasteiger partial charge in [0.2, 0.25) is 11.8 Å². The van der Waals surface area contributed by atoms with E-state index in [0.717, 1.165) is 25.7 Å². The van der Waals surface area contributed by atoms with Crippen LogP contribution in [0.1, 0.15) is 51.4 Å². The molecule has 0 aromatic heterocycles. The van der Waals surface area contributed by atoms with Crippen molar-refractivity contribution in [2.75, 3.05) is 52.0 Å². The van der Waals surface area contributed by atoms with Crippen LogP contribution in [0.3, 0.4) is 0 Å². The van der Waals surface area contributed by atoms with Crippen LogP contribution >= 0.6 is 11.6 Å². The highest BCUT2D eigenvalue weighted by Gasteiger charge is 2.38. The third kappa shape index (κ3) is 12.7. The summed E-state index contributed by atoms with van der Waals surface area (Å²) in [5, 5.41) is 27.3. The Labute approximate surface area is 235 Å². The third-order valence-corrected chi connectivity index (χ3v) is 6.51. The minimum absolute atomic E-state index is 0.0194. The summed E-state index contributed by atoms with van der Waals surface area (Å²) in [6, 6.07) is 0. The summed E-state index contributed by atoms with van der Waals surface area (Å²) < 4.78 is 16.5. The summed E-state index contributed by atoms with van der Waals surface area (Å²) in [5.41, 5.74) is 0.284. The van der Waals surface area contributed by atoms with Crippen LogP contribution in [0, 0.1) is 0 Å². The number of carbonyl (C=O) groups excluding carboxylic acids is 3. The van der Waals surface area contributed by atoms with E-state index in [2.05, 4.69) is 22.5 Å². The summed E-state index contributed by atoms with van der Waals surface area (Å²) in [4.78, 5) is 38.0. The van der Waals surface area contributed by atoms with Crippen LogP contribution in [0.25, 0.3) is 0 Å². The summed E-state index contributed by atoms with van der Waals surface area (Å²) >= 11 is 5.63. The largest absolute Gasteiger partial charge is 0.394 e. The van der Waals surface area contributed by atoms with E-state index in [4.69, 9.17) is 25.8 Å². The van der Waals surface area contributed by atoms with Crippen LogP contribution in [-0.4, -0.2) is 103 Å². The molecular formula is C26H43ClN4O8. The zero-order valence-corrected chi connectivity index (χ0v) is 23.3. The van der Waals surface area contributed by atoms with Crippen LogP contribution < -0.4 is 16.0 Å². The molecule has 12 nitrogen and oxygen atoms in total. The number of ether oxygens (including phenoxy) is 3. The Kier molecular flexibility index (Phi) is 16.0. The van der Waals surface area contributed by atoms with Gasteiger partial charge in [-0.1, -0.05) is 19.4 Å². The fraction of sp³-hybridized carbons (Fsp3) is 0.731. The average Bonchev–Trinajstić information content (AvgIpc) is 3.29. The number of aliphatic hydroxyl groups excluding tert-OH is 2. The number of hydrogen-bond acceptors (Lipinski definition) is 9. The van der Waals surface area contributed by atoms with Gasteiger partial charge in [0.1, 0.15) is 18.2 Å². The van der Waals surface area contributed by atoms with E-state index in [1.54, 1.807) is 4.90 Å². The van der Waals surface area contributed by atoms with Crippen LogP contribution in [-0.2, 0) is 28.6 Å². The van der Waals surface area contributed by atoms with Gasteiger partial charge < -0.3 is 45.3 Å². The van der Waals surface area contributed by atoms with Crippen LogP contribution in [0.5, 0.6) is 0 Å². The van der Waals surface area contributed by atoms with Crippen molar-refractivity contribution in [1.82, 2.24) is 20.9 Å². The fourth-order valence-corrected chi connectivity index (χ4v) is 4.22. The van der Waals surface area contributed by atoms with Crippen molar-refractivity contribution in [2.24, 2.45) is 0 Å². The highest BCUT2D eigenvalue weighted by molar-refractivity contribution is 6.17. The van der Waals surface area contributed by atoms with E-state index in [0.29, 0.717) is 45.3 Å². The lowest BCUT2D eigenvalue weighted by molar-refractivity contribution is -0.122. The van der Waals surface area contributed by atoms with Crippen molar-refractivity contribution < 1.29 is 38.8 Å². The number of alkyl halides is 1. The van der Waals surface area contributed by atoms with Gasteiger partial charge in [0.15, 0.2) is 0 Å². The number of amides is 3. The molecule has 2 aliphatic rings. The van der Waals surface area contributed by atoms with E-state index >= 15 is 0 Å². The first-order chi connectivity index (χ1) is 18.8. The van der Waals surface area contributed by atoms with Crippen LogP contribution in [0.4, 0.5) is 0 Å². The molecule has 3 atom stereocenters. The number of rotatable bonds is 20. The molecular weight excluding hydrogens is 532 g/mol. The molecule has 2 rings (SSSR count). The minimum atomic E-state index is -0.835. The van der Waals surface area contributed by atoms with E-state index in [9.17, 15) is 24.6 Å². The topological polar surface area (TPSA) is 159 Å². The molecule has 1 fully saturated rings. The van der Waals surface area contributed by atoms with Gasteiger partial charge in [-0.3, -0.25) is 14.4 Å². The first-order valence-corrected chi connectivity index (χ1v) is 14.1. The first-order valence-electron chi connectivity index (χ1n) is 13.5. The lowest BCUT2D eigenvalue weighted by Crippen LogP contribution is -2.45. The Balaban J connectivity index is 1.53. The van der Waals surface area contributed by atoms with Crippen molar-refractivity contribution in [1.29, 1.82) is 0 Å². The first kappa shape index (κ1) is 33.0. The molecule has 0 saturated carbocycles. The van der Waals surface area contributed by atoms with Crippen molar-refractivity contribution in [3.05, 3.63) is 24.2 Å². The number of nitrogens with zero attached hydrogens (tertiary/aromatic N) is 1. The van der Waals surface area contributed by atoms with Crippen LogP contribution in [0.15, 0.2) is 24.2 Å². The molecule has 0 bridgehead atoms. The van der Waals surface area contributed by atoms with Gasteiger partial charge in [-0.25, -0.2) is 0 Å². The number of carbonyl (C=O) groups is 3. The van der Waals surface area contributed by atoms with Gasteiger partial charge in [0.05, 0.1) is 38.1 Å². The summed E-state index contributed by atoms with van der Waals surface area (Å²) in [6.07, 6.45) is 4.58. The number of halogens is 1. The summed E-state index contributed by atoms with van der Waals surface area (Å²) in [7, 11) is 0. The summed E-state index contributed by atoms with van der Waals surface area (Å²) in [6.45, 7) is 5.92. The molecule has 2 aliphatic heterocycles. The Morgan fingerprint density at radius 3 is 2.46 bits per heavy atom. The second-order valence-corrected chi connectivity index (χ2v) is 9.76. The quantitative estimate of drug-likeness (QED) is 0.103. The molecule has 0 aliphatic carbocycles. The molecule has 3 unspecified atom stereocenters. The van der Waals surface area contributed by atoms with Crippen molar-refractivity contribution in [3.8, 4) is 0 Å². The Hall–Kier alpha value is -2.22. The van der Waals surface area contributed by atoms with Gasteiger partial charge in [-0.15, -0.1) is 11.6 Å². The lowest BCUT2D eigenvalue weighted by Gasteiger charge is -2.33. The van der Waals surface area contributed by atoms with E-state index in [1.807, 2.05) is 0 Å². The van der Waals surface area contributed by atoms with Crippen molar-refractivity contribution in [3.63, 3.8) is 0 Å². The Bertz CT molecular complexity index is 828. The molecule has 0 radical (unpaired) electrons. The minimum Gasteiger partial charge on any atom is -0.394 e. The lowest BCUT2D eigenvalue weighted by atomic mass is 10.1. The van der Waals surface area contributed by atoms with E-state index < -0.39 is 24.3 Å².